The molecule has 1 aliphatic carbocycles. The topological polar surface area (TPSA) is 88.3 Å². The van der Waals surface area contributed by atoms with Gasteiger partial charge in [-0.15, -0.1) is 0 Å². The molecule has 1 aliphatic rings. The summed E-state index contributed by atoms with van der Waals surface area (Å²) < 4.78 is 5.27. The molecule has 1 N–H and O–H groups in total. The molecule has 2 aromatic rings. The lowest BCUT2D eigenvalue weighted by Gasteiger charge is -2.20. The fourth-order valence-corrected chi connectivity index (χ4v) is 2.46. The van der Waals surface area contributed by atoms with Gasteiger partial charge in [0.05, 0.1) is 12.1 Å². The van der Waals surface area contributed by atoms with Crippen LogP contribution >= 0.6 is 0 Å². The summed E-state index contributed by atoms with van der Waals surface area (Å²) >= 11 is 0. The van der Waals surface area contributed by atoms with E-state index in [-0.39, 0.29) is 23.6 Å². The predicted octanol–water partition coefficient (Wildman–Crippen LogP) is 2.26. The number of nitrogens with one attached hydrogen (secondary N) is 1. The van der Waals surface area contributed by atoms with Crippen molar-refractivity contribution in [1.29, 1.82) is 0 Å². The van der Waals surface area contributed by atoms with Crippen LogP contribution in [0.15, 0.2) is 35.1 Å². The fourth-order valence-electron chi connectivity index (χ4n) is 2.46. The van der Waals surface area contributed by atoms with Crippen molar-refractivity contribution in [1.82, 2.24) is 20.4 Å². The Labute approximate surface area is 146 Å². The van der Waals surface area contributed by atoms with Gasteiger partial charge in [0.25, 0.3) is 11.8 Å². The van der Waals surface area contributed by atoms with Gasteiger partial charge in [0.1, 0.15) is 0 Å². The zero-order chi connectivity index (χ0) is 17.8. The fraction of sp³-hybridized carbons (Fsp3) is 0.444. The van der Waals surface area contributed by atoms with Crippen molar-refractivity contribution < 1.29 is 14.1 Å². The van der Waals surface area contributed by atoms with Crippen LogP contribution in [0, 0.1) is 5.92 Å². The number of rotatable bonds is 7. The van der Waals surface area contributed by atoms with Crippen molar-refractivity contribution in [3.05, 3.63) is 47.6 Å². The Morgan fingerprint density at radius 1 is 1.40 bits per heavy atom. The summed E-state index contributed by atoms with van der Waals surface area (Å²) in [5, 5.41) is 6.62. The first-order valence-electron chi connectivity index (χ1n) is 8.49. The SMILES string of the molecule is CC(C)CNC(=O)c1cc(CN(C(=O)c2cccnc2)C2CC2)on1. The molecule has 0 saturated heterocycles. The largest absolute Gasteiger partial charge is 0.359 e. The maximum absolute atomic E-state index is 12.7. The molecule has 0 atom stereocenters. The van der Waals surface area contributed by atoms with E-state index in [0.717, 1.165) is 12.8 Å². The minimum Gasteiger partial charge on any atom is -0.359 e. The lowest BCUT2D eigenvalue weighted by Crippen LogP contribution is -2.32. The lowest BCUT2D eigenvalue weighted by molar-refractivity contribution is 0.0712. The Kier molecular flexibility index (Phi) is 5.11. The Morgan fingerprint density at radius 2 is 2.20 bits per heavy atom. The van der Waals surface area contributed by atoms with E-state index in [1.54, 1.807) is 35.5 Å². The highest BCUT2D eigenvalue weighted by Gasteiger charge is 2.34. The third kappa shape index (κ3) is 4.43. The summed E-state index contributed by atoms with van der Waals surface area (Å²) in [5.74, 6) is 0.509. The molecule has 0 aliphatic heterocycles. The zero-order valence-corrected chi connectivity index (χ0v) is 14.4. The van der Waals surface area contributed by atoms with E-state index in [2.05, 4.69) is 15.5 Å². The lowest BCUT2D eigenvalue weighted by atomic mass is 10.2. The van der Waals surface area contributed by atoms with Crippen molar-refractivity contribution in [2.24, 2.45) is 5.92 Å². The summed E-state index contributed by atoms with van der Waals surface area (Å²) in [6, 6.07) is 5.29. The van der Waals surface area contributed by atoms with Gasteiger partial charge in [0.15, 0.2) is 11.5 Å². The molecule has 1 saturated carbocycles. The van der Waals surface area contributed by atoms with E-state index in [9.17, 15) is 9.59 Å². The van der Waals surface area contributed by atoms with E-state index in [1.807, 2.05) is 13.8 Å². The van der Waals surface area contributed by atoms with Crippen LogP contribution in [-0.2, 0) is 6.54 Å². The number of hydrogen-bond donors (Lipinski definition) is 1. The van der Waals surface area contributed by atoms with Gasteiger partial charge in [-0.2, -0.15) is 0 Å². The third-order valence-corrected chi connectivity index (χ3v) is 3.95. The van der Waals surface area contributed by atoms with Crippen molar-refractivity contribution in [2.75, 3.05) is 6.54 Å². The van der Waals surface area contributed by atoms with Gasteiger partial charge in [0, 0.05) is 31.0 Å². The molecule has 2 aromatic heterocycles. The normalized spacial score (nSPS) is 13.7. The molecule has 2 heterocycles. The van der Waals surface area contributed by atoms with Crippen LogP contribution < -0.4 is 5.32 Å². The number of carbonyl (C=O) groups excluding carboxylic acids is 2. The maximum atomic E-state index is 12.7. The zero-order valence-electron chi connectivity index (χ0n) is 14.4. The smallest absolute Gasteiger partial charge is 0.273 e. The number of nitrogens with zero attached hydrogens (tertiary/aromatic N) is 3. The van der Waals surface area contributed by atoms with Gasteiger partial charge in [-0.25, -0.2) is 0 Å². The molecule has 1 fully saturated rings. The first kappa shape index (κ1) is 17.1. The number of aromatic nitrogens is 2. The molecule has 0 radical (unpaired) electrons. The van der Waals surface area contributed by atoms with E-state index >= 15 is 0 Å². The molecule has 0 bridgehead atoms. The van der Waals surface area contributed by atoms with E-state index in [0.29, 0.717) is 30.3 Å². The monoisotopic (exact) mass is 342 g/mol. The van der Waals surface area contributed by atoms with Crippen molar-refractivity contribution in [2.45, 2.75) is 39.3 Å². The van der Waals surface area contributed by atoms with Gasteiger partial charge >= 0.3 is 0 Å². The average Bonchev–Trinajstić information content (AvgIpc) is 3.35. The van der Waals surface area contributed by atoms with Crippen molar-refractivity contribution >= 4 is 11.8 Å². The number of hydrogen-bond acceptors (Lipinski definition) is 5. The van der Waals surface area contributed by atoms with Crippen LogP contribution in [0.3, 0.4) is 0 Å². The third-order valence-electron chi connectivity index (χ3n) is 3.95. The first-order valence-corrected chi connectivity index (χ1v) is 8.49. The molecule has 132 valence electrons. The van der Waals surface area contributed by atoms with Crippen LogP contribution in [0.4, 0.5) is 0 Å². The standard InChI is InChI=1S/C18H22N4O3/c1-12(2)9-20-17(23)16-8-15(25-21-16)11-22(14-5-6-14)18(24)13-4-3-7-19-10-13/h3-4,7-8,10,12,14H,5-6,9,11H2,1-2H3,(H,20,23). The number of carbonyl (C=O) groups is 2. The summed E-state index contributed by atoms with van der Waals surface area (Å²) in [5.41, 5.74) is 0.782. The maximum Gasteiger partial charge on any atom is 0.273 e. The molecule has 0 aromatic carbocycles. The Morgan fingerprint density at radius 3 is 2.84 bits per heavy atom. The number of pyridine rings is 1. The molecule has 2 amide bonds. The highest BCUT2D eigenvalue weighted by molar-refractivity contribution is 5.94. The molecule has 7 nitrogen and oxygen atoms in total. The second-order valence-electron chi connectivity index (χ2n) is 6.69. The van der Waals surface area contributed by atoms with Gasteiger partial charge < -0.3 is 14.7 Å². The summed E-state index contributed by atoms with van der Waals surface area (Å²) in [6.07, 6.45) is 5.14. The Bertz CT molecular complexity index is 738. The van der Waals surface area contributed by atoms with Gasteiger partial charge in [-0.05, 0) is 30.9 Å². The Balaban J connectivity index is 1.67. The second kappa shape index (κ2) is 7.46. The van der Waals surface area contributed by atoms with Crippen molar-refractivity contribution in [3.63, 3.8) is 0 Å². The average molecular weight is 342 g/mol. The minimum atomic E-state index is -0.264. The summed E-state index contributed by atoms with van der Waals surface area (Å²) in [6.45, 7) is 4.91. The molecular weight excluding hydrogens is 320 g/mol. The Hall–Kier alpha value is -2.70. The molecular formula is C18H22N4O3. The molecule has 0 spiro atoms. The van der Waals surface area contributed by atoms with Crippen LogP contribution in [0.1, 0.15) is 53.3 Å². The van der Waals surface area contributed by atoms with Crippen LogP contribution in [-0.4, -0.2) is 39.4 Å². The van der Waals surface area contributed by atoms with Crippen LogP contribution in [0.2, 0.25) is 0 Å². The highest BCUT2D eigenvalue weighted by Crippen LogP contribution is 2.29. The second-order valence-corrected chi connectivity index (χ2v) is 6.69. The summed E-state index contributed by atoms with van der Waals surface area (Å²) in [7, 11) is 0. The molecule has 7 heteroatoms. The van der Waals surface area contributed by atoms with Crippen molar-refractivity contribution in [3.8, 4) is 0 Å². The van der Waals surface area contributed by atoms with Gasteiger partial charge in [-0.1, -0.05) is 19.0 Å². The van der Waals surface area contributed by atoms with E-state index in [4.69, 9.17) is 4.52 Å². The van der Waals surface area contributed by atoms with E-state index in [1.165, 1.54) is 0 Å². The van der Waals surface area contributed by atoms with Gasteiger partial charge in [-0.3, -0.25) is 14.6 Å². The molecule has 3 rings (SSSR count). The predicted molar refractivity (Wildman–Crippen MR) is 90.8 cm³/mol. The quantitative estimate of drug-likeness (QED) is 0.834. The minimum absolute atomic E-state index is 0.0854. The number of amides is 2. The molecule has 25 heavy (non-hydrogen) atoms. The molecule has 0 unspecified atom stereocenters. The highest BCUT2D eigenvalue weighted by atomic mass is 16.5. The van der Waals surface area contributed by atoms with Crippen LogP contribution in [0.25, 0.3) is 0 Å². The van der Waals surface area contributed by atoms with E-state index < -0.39 is 0 Å². The van der Waals surface area contributed by atoms with Gasteiger partial charge in [0.2, 0.25) is 0 Å². The first-order chi connectivity index (χ1) is 12.0. The van der Waals surface area contributed by atoms with Crippen LogP contribution in [0.5, 0.6) is 0 Å². The summed E-state index contributed by atoms with van der Waals surface area (Å²) in [4.78, 5) is 30.5.